The Bertz CT molecular complexity index is 1270. The molecule has 3 aromatic rings. The largest absolute Gasteiger partial charge is 0.326 e. The number of nitrogens with one attached hydrogen (secondary N) is 2. The summed E-state index contributed by atoms with van der Waals surface area (Å²) in [7, 11) is 0. The summed E-state index contributed by atoms with van der Waals surface area (Å²) < 4.78 is 0. The number of aromatic nitrogens is 2. The maximum Gasteiger partial charge on any atom is 0.234 e. The summed E-state index contributed by atoms with van der Waals surface area (Å²) in [5.41, 5.74) is 3.76. The summed E-state index contributed by atoms with van der Waals surface area (Å²) in [5.74, 6) is 2.27. The number of hydrogen-bond donors (Lipinski definition) is 2. The zero-order chi connectivity index (χ0) is 23.8. The maximum absolute atomic E-state index is 12.8. The highest BCUT2D eigenvalue weighted by atomic mass is 32.2. The smallest absolute Gasteiger partial charge is 0.234 e. The van der Waals surface area contributed by atoms with Crippen molar-refractivity contribution in [3.63, 3.8) is 0 Å². The van der Waals surface area contributed by atoms with E-state index < -0.39 is 0 Å². The predicted octanol–water partition coefficient (Wildman–Crippen LogP) is 6.08. The number of carbonyl (C=O) groups excluding carboxylic acids is 2. The van der Waals surface area contributed by atoms with Crippen molar-refractivity contribution in [1.29, 1.82) is 0 Å². The zero-order valence-corrected chi connectivity index (χ0v) is 21.5. The van der Waals surface area contributed by atoms with Gasteiger partial charge in [-0.3, -0.25) is 9.59 Å². The van der Waals surface area contributed by atoms with Crippen molar-refractivity contribution in [2.45, 2.75) is 70.2 Å². The Labute approximate surface area is 208 Å². The lowest BCUT2D eigenvalue weighted by Gasteiger charge is -2.18. The van der Waals surface area contributed by atoms with Crippen LogP contribution in [0.15, 0.2) is 23.2 Å². The van der Waals surface area contributed by atoms with Gasteiger partial charge in [0, 0.05) is 34.0 Å². The third kappa shape index (κ3) is 4.98. The second kappa shape index (κ2) is 9.66. The quantitative estimate of drug-likeness (QED) is 0.307. The summed E-state index contributed by atoms with van der Waals surface area (Å²) in [6.45, 7) is 6.07. The van der Waals surface area contributed by atoms with Gasteiger partial charge < -0.3 is 10.6 Å². The lowest BCUT2D eigenvalue weighted by atomic mass is 9.89. The summed E-state index contributed by atoms with van der Waals surface area (Å²) in [6.07, 6.45) is 6.10. The molecule has 0 radical (unpaired) electrons. The molecule has 2 heterocycles. The molecule has 0 bridgehead atoms. The standard InChI is InChI=1S/C26H30N4O2S2/c1-4-21(31)28-19-12-17(9-6-15(19)3)27-22(32)13-33-25-23-18-10-5-14(2)11-20(18)34-26(23)30-24(29-25)16-7-8-16/h6,9,12,14,16H,4-5,7-8,10-11,13H2,1-3H3,(H,27,32)(H,28,31)/t14-/m1/s1. The number of nitrogens with zero attached hydrogens (tertiary/aromatic N) is 2. The topological polar surface area (TPSA) is 84.0 Å². The van der Waals surface area contributed by atoms with Crippen LogP contribution >= 0.6 is 23.1 Å². The van der Waals surface area contributed by atoms with Crippen LogP contribution in [0.1, 0.15) is 67.3 Å². The molecule has 6 nitrogen and oxygen atoms in total. The van der Waals surface area contributed by atoms with Crippen LogP contribution in [0.3, 0.4) is 0 Å². The zero-order valence-electron chi connectivity index (χ0n) is 19.9. The third-order valence-corrected chi connectivity index (χ3v) is 8.66. The Morgan fingerprint density at radius 2 is 1.97 bits per heavy atom. The summed E-state index contributed by atoms with van der Waals surface area (Å²) in [4.78, 5) is 37.0. The van der Waals surface area contributed by atoms with Crippen molar-refractivity contribution in [2.75, 3.05) is 16.4 Å². The molecule has 2 aliphatic rings. The van der Waals surface area contributed by atoms with E-state index in [2.05, 4.69) is 17.6 Å². The van der Waals surface area contributed by atoms with E-state index in [-0.39, 0.29) is 17.6 Å². The van der Waals surface area contributed by atoms with Crippen LogP contribution in [-0.2, 0) is 22.4 Å². The molecule has 5 rings (SSSR count). The third-order valence-electron chi connectivity index (χ3n) is 6.54. The lowest BCUT2D eigenvalue weighted by molar-refractivity contribution is -0.116. The van der Waals surface area contributed by atoms with E-state index in [1.807, 2.05) is 43.4 Å². The van der Waals surface area contributed by atoms with Gasteiger partial charge in [-0.15, -0.1) is 11.3 Å². The Hall–Kier alpha value is -2.45. The molecule has 1 saturated carbocycles. The van der Waals surface area contributed by atoms with E-state index in [1.54, 1.807) is 0 Å². The van der Waals surface area contributed by atoms with Gasteiger partial charge in [0.05, 0.1) is 5.75 Å². The summed E-state index contributed by atoms with van der Waals surface area (Å²) >= 11 is 3.33. The van der Waals surface area contributed by atoms with Gasteiger partial charge in [-0.25, -0.2) is 9.97 Å². The van der Waals surface area contributed by atoms with Crippen molar-refractivity contribution in [3.8, 4) is 0 Å². The van der Waals surface area contributed by atoms with Crippen LogP contribution in [0.4, 0.5) is 11.4 Å². The normalized spacial score (nSPS) is 17.4. The van der Waals surface area contributed by atoms with Gasteiger partial charge in [-0.2, -0.15) is 0 Å². The molecule has 0 aliphatic heterocycles. The Kier molecular flexibility index (Phi) is 6.62. The Balaban J connectivity index is 1.34. The number of fused-ring (bicyclic) bond motifs is 3. The molecule has 2 aliphatic carbocycles. The van der Waals surface area contributed by atoms with Crippen LogP contribution in [0.5, 0.6) is 0 Å². The highest BCUT2D eigenvalue weighted by Gasteiger charge is 2.30. The number of hydrogen-bond acceptors (Lipinski definition) is 6. The number of thiophene rings is 1. The minimum absolute atomic E-state index is 0.0464. The number of amides is 2. The van der Waals surface area contributed by atoms with Crippen LogP contribution in [0.2, 0.25) is 0 Å². The average molecular weight is 495 g/mol. The molecule has 1 fully saturated rings. The second-order valence-electron chi connectivity index (χ2n) is 9.46. The van der Waals surface area contributed by atoms with Crippen molar-refractivity contribution in [3.05, 3.63) is 40.0 Å². The maximum atomic E-state index is 12.8. The van der Waals surface area contributed by atoms with Crippen LogP contribution in [-0.4, -0.2) is 27.5 Å². The van der Waals surface area contributed by atoms with Crippen LogP contribution in [0.25, 0.3) is 10.2 Å². The number of aryl methyl sites for hydroxylation is 2. The fourth-order valence-corrected chi connectivity index (χ4v) is 6.67. The first-order valence-electron chi connectivity index (χ1n) is 12.1. The predicted molar refractivity (Wildman–Crippen MR) is 140 cm³/mol. The molecular formula is C26H30N4O2S2. The molecule has 1 atom stereocenters. The number of rotatable bonds is 7. The molecule has 2 N–H and O–H groups in total. The molecule has 34 heavy (non-hydrogen) atoms. The number of benzene rings is 1. The number of thioether (sulfide) groups is 1. The van der Waals surface area contributed by atoms with Crippen molar-refractivity contribution >= 4 is 56.5 Å². The molecule has 2 amide bonds. The highest BCUT2D eigenvalue weighted by Crippen LogP contribution is 2.44. The van der Waals surface area contributed by atoms with E-state index in [0.717, 1.165) is 52.6 Å². The first-order valence-corrected chi connectivity index (χ1v) is 13.9. The highest BCUT2D eigenvalue weighted by molar-refractivity contribution is 8.00. The van der Waals surface area contributed by atoms with E-state index in [4.69, 9.17) is 9.97 Å². The van der Waals surface area contributed by atoms with Crippen LogP contribution < -0.4 is 10.6 Å². The molecular weight excluding hydrogens is 464 g/mol. The van der Waals surface area contributed by atoms with Crippen molar-refractivity contribution in [2.24, 2.45) is 5.92 Å². The molecule has 0 saturated heterocycles. The van der Waals surface area contributed by atoms with Gasteiger partial charge in [-0.05, 0) is 68.2 Å². The number of carbonyl (C=O) groups is 2. The average Bonchev–Trinajstić information content (AvgIpc) is 3.60. The molecule has 178 valence electrons. The molecule has 8 heteroatoms. The van der Waals surface area contributed by atoms with Crippen LogP contribution in [0, 0.1) is 12.8 Å². The second-order valence-corrected chi connectivity index (χ2v) is 11.5. The Morgan fingerprint density at radius 3 is 2.74 bits per heavy atom. The minimum atomic E-state index is -0.0842. The van der Waals surface area contributed by atoms with Crippen molar-refractivity contribution < 1.29 is 9.59 Å². The van der Waals surface area contributed by atoms with Crippen molar-refractivity contribution in [1.82, 2.24) is 9.97 Å². The molecule has 0 spiro atoms. The molecule has 2 aromatic heterocycles. The molecule has 0 unspecified atom stereocenters. The lowest BCUT2D eigenvalue weighted by Crippen LogP contribution is -2.15. The van der Waals surface area contributed by atoms with E-state index in [0.29, 0.717) is 23.9 Å². The molecule has 1 aromatic carbocycles. The van der Waals surface area contributed by atoms with Gasteiger partial charge in [0.2, 0.25) is 11.8 Å². The Morgan fingerprint density at radius 1 is 1.15 bits per heavy atom. The first-order chi connectivity index (χ1) is 16.4. The SMILES string of the molecule is CCC(=O)Nc1cc(NC(=O)CSc2nc(C3CC3)nc3sc4c(c23)CC[C@@H](C)C4)ccc1C. The van der Waals surface area contributed by atoms with Gasteiger partial charge in [0.25, 0.3) is 0 Å². The van der Waals surface area contributed by atoms with Gasteiger partial charge in [0.1, 0.15) is 15.7 Å². The van der Waals surface area contributed by atoms with E-state index in [9.17, 15) is 9.59 Å². The summed E-state index contributed by atoms with van der Waals surface area (Å²) in [6, 6.07) is 5.59. The fourth-order valence-electron chi connectivity index (χ4n) is 4.36. The first kappa shape index (κ1) is 23.3. The van der Waals surface area contributed by atoms with Gasteiger partial charge in [-0.1, -0.05) is 31.7 Å². The fraction of sp³-hybridized carbons (Fsp3) is 0.462. The van der Waals surface area contributed by atoms with Gasteiger partial charge >= 0.3 is 0 Å². The van der Waals surface area contributed by atoms with E-state index >= 15 is 0 Å². The van der Waals surface area contributed by atoms with Gasteiger partial charge in [0.15, 0.2) is 0 Å². The summed E-state index contributed by atoms with van der Waals surface area (Å²) in [5, 5.41) is 8.00. The number of anilines is 2. The monoisotopic (exact) mass is 494 g/mol. The minimum Gasteiger partial charge on any atom is -0.326 e. The van der Waals surface area contributed by atoms with E-state index in [1.165, 1.54) is 34.0 Å².